The van der Waals surface area contributed by atoms with Crippen molar-refractivity contribution in [1.82, 2.24) is 4.90 Å². The fourth-order valence-corrected chi connectivity index (χ4v) is 3.52. The maximum atomic E-state index is 5.45. The highest BCUT2D eigenvalue weighted by Crippen LogP contribution is 2.37. The lowest BCUT2D eigenvalue weighted by atomic mass is 10.0. The van der Waals surface area contributed by atoms with E-state index >= 15 is 0 Å². The second kappa shape index (κ2) is 7.16. The Morgan fingerprint density at radius 3 is 2.38 bits per heavy atom. The van der Waals surface area contributed by atoms with Crippen LogP contribution in [0.3, 0.4) is 0 Å². The molecule has 2 aromatic carbocycles. The first kappa shape index (κ1) is 15.4. The summed E-state index contributed by atoms with van der Waals surface area (Å²) in [5.41, 5.74) is 6.80. The Balaban J connectivity index is 1.57. The SMILES string of the molecule is C1=C(CCN2CCOCC2)c2ccccc2/C1=C/c1ccccc1. The first-order valence-corrected chi connectivity index (χ1v) is 8.77. The van der Waals surface area contributed by atoms with E-state index in [1.54, 1.807) is 0 Å². The molecular formula is C22H23NO. The van der Waals surface area contributed by atoms with Gasteiger partial charge in [0.05, 0.1) is 13.2 Å². The summed E-state index contributed by atoms with van der Waals surface area (Å²) in [4.78, 5) is 2.51. The van der Waals surface area contributed by atoms with E-state index in [2.05, 4.69) is 71.6 Å². The van der Waals surface area contributed by atoms with Crippen molar-refractivity contribution in [3.63, 3.8) is 0 Å². The highest BCUT2D eigenvalue weighted by molar-refractivity contribution is 6.01. The van der Waals surface area contributed by atoms with Gasteiger partial charge in [-0.05, 0) is 40.3 Å². The zero-order valence-corrected chi connectivity index (χ0v) is 13.9. The summed E-state index contributed by atoms with van der Waals surface area (Å²) in [6.07, 6.45) is 5.77. The summed E-state index contributed by atoms with van der Waals surface area (Å²) in [6, 6.07) is 19.4. The van der Waals surface area contributed by atoms with Gasteiger partial charge in [0.2, 0.25) is 0 Å². The first-order chi connectivity index (χ1) is 11.9. The van der Waals surface area contributed by atoms with Crippen molar-refractivity contribution in [3.05, 3.63) is 77.4 Å². The molecule has 0 bridgehead atoms. The van der Waals surface area contributed by atoms with Gasteiger partial charge in [-0.25, -0.2) is 0 Å². The highest BCUT2D eigenvalue weighted by Gasteiger charge is 2.19. The van der Waals surface area contributed by atoms with E-state index < -0.39 is 0 Å². The molecule has 0 amide bonds. The van der Waals surface area contributed by atoms with Crippen molar-refractivity contribution in [3.8, 4) is 0 Å². The number of hydrogen-bond donors (Lipinski definition) is 0. The molecule has 1 saturated heterocycles. The zero-order chi connectivity index (χ0) is 16.2. The molecule has 1 aliphatic heterocycles. The molecule has 2 aromatic rings. The molecule has 1 fully saturated rings. The van der Waals surface area contributed by atoms with Gasteiger partial charge in [0.25, 0.3) is 0 Å². The van der Waals surface area contributed by atoms with Crippen LogP contribution in [-0.4, -0.2) is 37.7 Å². The van der Waals surface area contributed by atoms with Gasteiger partial charge in [-0.3, -0.25) is 4.90 Å². The minimum atomic E-state index is 0.870. The molecule has 0 aromatic heterocycles. The fourth-order valence-electron chi connectivity index (χ4n) is 3.52. The van der Waals surface area contributed by atoms with E-state index in [0.717, 1.165) is 39.3 Å². The minimum absolute atomic E-state index is 0.870. The monoisotopic (exact) mass is 317 g/mol. The third-order valence-corrected chi connectivity index (χ3v) is 4.84. The van der Waals surface area contributed by atoms with Crippen molar-refractivity contribution < 1.29 is 4.74 Å². The van der Waals surface area contributed by atoms with E-state index in [1.807, 2.05) is 0 Å². The average Bonchev–Trinajstić information content (AvgIpc) is 3.00. The molecule has 1 heterocycles. The van der Waals surface area contributed by atoms with Crippen molar-refractivity contribution in [1.29, 1.82) is 0 Å². The molecule has 0 N–H and O–H groups in total. The third-order valence-electron chi connectivity index (χ3n) is 4.84. The summed E-state index contributed by atoms with van der Waals surface area (Å²) in [5, 5.41) is 0. The van der Waals surface area contributed by atoms with Gasteiger partial charge < -0.3 is 4.74 Å². The van der Waals surface area contributed by atoms with Crippen LogP contribution in [0.1, 0.15) is 23.1 Å². The van der Waals surface area contributed by atoms with Gasteiger partial charge in [-0.1, -0.05) is 60.7 Å². The molecule has 0 unspecified atom stereocenters. The first-order valence-electron chi connectivity index (χ1n) is 8.77. The Labute approximate surface area is 144 Å². The molecule has 122 valence electrons. The van der Waals surface area contributed by atoms with Gasteiger partial charge in [0, 0.05) is 19.6 Å². The quantitative estimate of drug-likeness (QED) is 0.831. The highest BCUT2D eigenvalue weighted by atomic mass is 16.5. The summed E-state index contributed by atoms with van der Waals surface area (Å²) in [5.74, 6) is 0. The maximum absolute atomic E-state index is 5.45. The second-order valence-electron chi connectivity index (χ2n) is 6.43. The average molecular weight is 317 g/mol. The van der Waals surface area contributed by atoms with E-state index in [-0.39, 0.29) is 0 Å². The van der Waals surface area contributed by atoms with Gasteiger partial charge in [0.1, 0.15) is 0 Å². The lowest BCUT2D eigenvalue weighted by Crippen LogP contribution is -2.36. The van der Waals surface area contributed by atoms with Crippen LogP contribution in [0.2, 0.25) is 0 Å². The lowest BCUT2D eigenvalue weighted by molar-refractivity contribution is 0.0390. The standard InChI is InChI=1S/C22H23NO/c1-2-6-18(7-3-1)16-20-17-19(21-8-4-5-9-22(20)21)10-11-23-12-14-24-15-13-23/h1-9,16-17H,10-15H2/b20-16+. The van der Waals surface area contributed by atoms with Gasteiger partial charge in [0.15, 0.2) is 0 Å². The van der Waals surface area contributed by atoms with Crippen molar-refractivity contribution in [2.45, 2.75) is 6.42 Å². The van der Waals surface area contributed by atoms with E-state index in [4.69, 9.17) is 4.74 Å². The van der Waals surface area contributed by atoms with Crippen molar-refractivity contribution >= 4 is 17.2 Å². The molecule has 0 atom stereocenters. The fraction of sp³-hybridized carbons (Fsp3) is 0.273. The van der Waals surface area contributed by atoms with Crippen LogP contribution in [0.4, 0.5) is 0 Å². The molecular weight excluding hydrogens is 294 g/mol. The number of benzene rings is 2. The van der Waals surface area contributed by atoms with E-state index in [1.165, 1.54) is 27.8 Å². The number of hydrogen-bond acceptors (Lipinski definition) is 2. The van der Waals surface area contributed by atoms with Crippen LogP contribution < -0.4 is 0 Å². The zero-order valence-electron chi connectivity index (χ0n) is 13.9. The topological polar surface area (TPSA) is 12.5 Å². The smallest absolute Gasteiger partial charge is 0.0594 e. The van der Waals surface area contributed by atoms with Crippen LogP contribution in [0, 0.1) is 0 Å². The largest absolute Gasteiger partial charge is 0.379 e. The Hall–Kier alpha value is -2.16. The number of rotatable bonds is 4. The Morgan fingerprint density at radius 1 is 0.875 bits per heavy atom. The van der Waals surface area contributed by atoms with Gasteiger partial charge in [-0.15, -0.1) is 0 Å². The summed E-state index contributed by atoms with van der Waals surface area (Å²) in [7, 11) is 0. The van der Waals surface area contributed by atoms with E-state index in [0.29, 0.717) is 0 Å². The molecule has 4 rings (SSSR count). The van der Waals surface area contributed by atoms with Crippen LogP contribution in [0.15, 0.2) is 60.7 Å². The van der Waals surface area contributed by atoms with Gasteiger partial charge >= 0.3 is 0 Å². The van der Waals surface area contributed by atoms with Crippen LogP contribution in [-0.2, 0) is 4.74 Å². The number of fused-ring (bicyclic) bond motifs is 1. The Kier molecular flexibility index (Phi) is 4.59. The van der Waals surface area contributed by atoms with Crippen LogP contribution in [0.25, 0.3) is 17.2 Å². The molecule has 1 aliphatic carbocycles. The number of nitrogens with zero attached hydrogens (tertiary/aromatic N) is 1. The van der Waals surface area contributed by atoms with Crippen LogP contribution >= 0.6 is 0 Å². The summed E-state index contributed by atoms with van der Waals surface area (Å²) < 4.78 is 5.45. The molecule has 2 aliphatic rings. The molecule has 2 heteroatoms. The molecule has 0 radical (unpaired) electrons. The molecule has 2 nitrogen and oxygen atoms in total. The number of allylic oxidation sites excluding steroid dienone is 2. The maximum Gasteiger partial charge on any atom is 0.0594 e. The van der Waals surface area contributed by atoms with Crippen LogP contribution in [0.5, 0.6) is 0 Å². The number of morpholine rings is 1. The predicted molar refractivity (Wildman–Crippen MR) is 101 cm³/mol. The van der Waals surface area contributed by atoms with Crippen molar-refractivity contribution in [2.24, 2.45) is 0 Å². The second-order valence-corrected chi connectivity index (χ2v) is 6.43. The normalized spacial score (nSPS) is 19.3. The van der Waals surface area contributed by atoms with Gasteiger partial charge in [-0.2, -0.15) is 0 Å². The van der Waals surface area contributed by atoms with E-state index in [9.17, 15) is 0 Å². The number of ether oxygens (including phenoxy) is 1. The molecule has 24 heavy (non-hydrogen) atoms. The lowest BCUT2D eigenvalue weighted by Gasteiger charge is -2.26. The third kappa shape index (κ3) is 3.35. The Morgan fingerprint density at radius 2 is 1.58 bits per heavy atom. The molecule has 0 saturated carbocycles. The molecule has 0 spiro atoms. The summed E-state index contributed by atoms with van der Waals surface area (Å²) >= 11 is 0. The summed E-state index contributed by atoms with van der Waals surface area (Å²) in [6.45, 7) is 4.97. The predicted octanol–water partition coefficient (Wildman–Crippen LogP) is 4.35. The minimum Gasteiger partial charge on any atom is -0.379 e. The Bertz CT molecular complexity index is 755. The van der Waals surface area contributed by atoms with Crippen molar-refractivity contribution in [2.75, 3.05) is 32.8 Å².